The van der Waals surface area contributed by atoms with Gasteiger partial charge in [0.05, 0.1) is 22.6 Å². The van der Waals surface area contributed by atoms with E-state index in [0.29, 0.717) is 11.1 Å². The van der Waals surface area contributed by atoms with Crippen LogP contribution in [-0.2, 0) is 6.54 Å². The van der Waals surface area contributed by atoms with E-state index in [1.54, 1.807) is 10.9 Å². The largest absolute Gasteiger partial charge is 0.308 e. The molecule has 2 aromatic rings. The lowest BCUT2D eigenvalue weighted by Gasteiger charge is -2.05. The van der Waals surface area contributed by atoms with Crippen LogP contribution in [0.5, 0.6) is 0 Å². The quantitative estimate of drug-likeness (QED) is 0.921. The lowest BCUT2D eigenvalue weighted by Crippen LogP contribution is -2.16. The van der Waals surface area contributed by atoms with Gasteiger partial charge in [0.2, 0.25) is 0 Å². The number of nitrogens with one attached hydrogen (secondary N) is 1. The molecule has 0 atom stereocenters. The molecule has 0 saturated heterocycles. The van der Waals surface area contributed by atoms with Gasteiger partial charge in [-0.2, -0.15) is 5.10 Å². The highest BCUT2D eigenvalue weighted by molar-refractivity contribution is 6.31. The summed E-state index contributed by atoms with van der Waals surface area (Å²) in [6, 6.07) is 6.65. The highest BCUT2D eigenvalue weighted by Gasteiger charge is 2.20. The minimum absolute atomic E-state index is 0.665. The molecule has 94 valence electrons. The van der Waals surface area contributed by atoms with Crippen LogP contribution in [0.4, 0.5) is 0 Å². The summed E-state index contributed by atoms with van der Waals surface area (Å²) in [5, 5.41) is 8.45. The van der Waals surface area contributed by atoms with E-state index in [0.717, 1.165) is 23.8 Å². The van der Waals surface area contributed by atoms with Crippen molar-refractivity contribution in [3.8, 4) is 5.82 Å². The van der Waals surface area contributed by atoms with Crippen molar-refractivity contribution in [1.82, 2.24) is 20.1 Å². The van der Waals surface area contributed by atoms with Gasteiger partial charge < -0.3 is 5.32 Å². The Morgan fingerprint density at radius 2 is 2.28 bits per heavy atom. The second-order valence-corrected chi connectivity index (χ2v) is 5.06. The summed E-state index contributed by atoms with van der Waals surface area (Å²) in [7, 11) is 0. The molecule has 1 saturated carbocycles. The van der Waals surface area contributed by atoms with Crippen LogP contribution in [-0.4, -0.2) is 20.8 Å². The number of hydrogen-bond acceptors (Lipinski definition) is 3. The van der Waals surface area contributed by atoms with E-state index < -0.39 is 0 Å². The molecule has 2 aromatic heterocycles. The fourth-order valence-corrected chi connectivity index (χ4v) is 1.92. The molecule has 1 fully saturated rings. The average molecular weight is 263 g/mol. The Balaban J connectivity index is 1.80. The Hall–Kier alpha value is -1.39. The molecule has 1 aliphatic rings. The Bertz CT molecular complexity index is 540. The van der Waals surface area contributed by atoms with Gasteiger partial charge in [0.15, 0.2) is 5.82 Å². The molecule has 1 N–H and O–H groups in total. The fourth-order valence-electron chi connectivity index (χ4n) is 1.79. The van der Waals surface area contributed by atoms with Gasteiger partial charge >= 0.3 is 0 Å². The van der Waals surface area contributed by atoms with Crippen LogP contribution in [0.25, 0.3) is 5.82 Å². The first-order valence-corrected chi connectivity index (χ1v) is 6.51. The zero-order valence-electron chi connectivity index (χ0n) is 10.2. The van der Waals surface area contributed by atoms with Crippen molar-refractivity contribution in [2.24, 2.45) is 0 Å². The minimum Gasteiger partial charge on any atom is -0.308 e. The first kappa shape index (κ1) is 11.7. The molecular formula is C13H15ClN4. The highest BCUT2D eigenvalue weighted by atomic mass is 35.5. The minimum atomic E-state index is 0.665. The maximum Gasteiger partial charge on any atom is 0.153 e. The molecule has 4 nitrogen and oxygen atoms in total. The lowest BCUT2D eigenvalue weighted by molar-refractivity contribution is 0.670. The number of pyridine rings is 1. The van der Waals surface area contributed by atoms with Crippen molar-refractivity contribution in [3.05, 3.63) is 40.8 Å². The van der Waals surface area contributed by atoms with E-state index >= 15 is 0 Å². The number of rotatable bonds is 4. The topological polar surface area (TPSA) is 42.7 Å². The van der Waals surface area contributed by atoms with Gasteiger partial charge in [0, 0.05) is 12.6 Å². The summed E-state index contributed by atoms with van der Waals surface area (Å²) in [6.45, 7) is 2.70. The van der Waals surface area contributed by atoms with Crippen molar-refractivity contribution in [2.75, 3.05) is 0 Å². The smallest absolute Gasteiger partial charge is 0.153 e. The summed E-state index contributed by atoms with van der Waals surface area (Å²) in [6.07, 6.45) is 4.36. The normalized spacial score (nSPS) is 15.0. The van der Waals surface area contributed by atoms with Crippen molar-refractivity contribution in [3.63, 3.8) is 0 Å². The molecule has 0 radical (unpaired) electrons. The molecule has 18 heavy (non-hydrogen) atoms. The van der Waals surface area contributed by atoms with E-state index in [2.05, 4.69) is 15.4 Å². The molecular weight excluding hydrogens is 248 g/mol. The summed E-state index contributed by atoms with van der Waals surface area (Å²) in [4.78, 5) is 4.58. The second kappa shape index (κ2) is 4.71. The Morgan fingerprint density at radius 1 is 1.44 bits per heavy atom. The summed E-state index contributed by atoms with van der Waals surface area (Å²) < 4.78 is 1.72. The van der Waals surface area contributed by atoms with Gasteiger partial charge in [-0.1, -0.05) is 17.7 Å². The maximum absolute atomic E-state index is 6.01. The Kier molecular flexibility index (Phi) is 3.06. The van der Waals surface area contributed by atoms with Crippen molar-refractivity contribution in [2.45, 2.75) is 32.4 Å². The first-order valence-electron chi connectivity index (χ1n) is 6.14. The van der Waals surface area contributed by atoms with Crippen LogP contribution in [0.2, 0.25) is 5.02 Å². The predicted octanol–water partition coefficient (Wildman–Crippen LogP) is 2.48. The van der Waals surface area contributed by atoms with Gasteiger partial charge in [-0.15, -0.1) is 0 Å². The van der Waals surface area contributed by atoms with Crippen molar-refractivity contribution < 1.29 is 0 Å². The lowest BCUT2D eigenvalue weighted by atomic mass is 10.3. The Labute approximate surface area is 111 Å². The van der Waals surface area contributed by atoms with Crippen LogP contribution in [0.3, 0.4) is 0 Å². The SMILES string of the molecule is Cc1nn(-c2cccc(CNC3CC3)n2)cc1Cl. The van der Waals surface area contributed by atoms with Crippen molar-refractivity contribution in [1.29, 1.82) is 0 Å². The zero-order valence-corrected chi connectivity index (χ0v) is 11.0. The number of hydrogen-bond donors (Lipinski definition) is 1. The first-order chi connectivity index (χ1) is 8.72. The molecule has 0 amide bonds. The third-order valence-corrected chi connectivity index (χ3v) is 3.39. The van der Waals surface area contributed by atoms with Crippen LogP contribution in [0, 0.1) is 6.92 Å². The second-order valence-electron chi connectivity index (χ2n) is 4.65. The highest BCUT2D eigenvalue weighted by Crippen LogP contribution is 2.19. The number of halogens is 1. The van der Waals surface area contributed by atoms with E-state index in [9.17, 15) is 0 Å². The van der Waals surface area contributed by atoms with Crippen LogP contribution in [0.15, 0.2) is 24.4 Å². The molecule has 3 rings (SSSR count). The number of aromatic nitrogens is 3. The third-order valence-electron chi connectivity index (χ3n) is 3.01. The molecule has 1 aliphatic carbocycles. The zero-order chi connectivity index (χ0) is 12.5. The van der Waals surface area contributed by atoms with Crippen LogP contribution in [0.1, 0.15) is 24.2 Å². The molecule has 0 spiro atoms. The van der Waals surface area contributed by atoms with Crippen molar-refractivity contribution >= 4 is 11.6 Å². The van der Waals surface area contributed by atoms with Gasteiger partial charge in [-0.25, -0.2) is 9.67 Å². The van der Waals surface area contributed by atoms with E-state index in [1.165, 1.54) is 12.8 Å². The summed E-state index contributed by atoms with van der Waals surface area (Å²) >= 11 is 6.01. The average Bonchev–Trinajstić information content (AvgIpc) is 3.14. The number of nitrogens with zero attached hydrogens (tertiary/aromatic N) is 3. The van der Waals surface area contributed by atoms with Gasteiger partial charge in [-0.05, 0) is 31.9 Å². The summed E-state index contributed by atoms with van der Waals surface area (Å²) in [5.41, 5.74) is 1.85. The third kappa shape index (κ3) is 2.54. The van der Waals surface area contributed by atoms with Gasteiger partial charge in [0.1, 0.15) is 0 Å². The fraction of sp³-hybridized carbons (Fsp3) is 0.385. The van der Waals surface area contributed by atoms with E-state index in [1.807, 2.05) is 25.1 Å². The molecule has 2 heterocycles. The standard InChI is InChI=1S/C13H15ClN4/c1-9-12(14)8-18(17-9)13-4-2-3-11(16-13)7-15-10-5-6-10/h2-4,8,10,15H,5-7H2,1H3. The van der Waals surface area contributed by atoms with Gasteiger partial charge in [-0.3, -0.25) is 0 Å². The summed E-state index contributed by atoms with van der Waals surface area (Å²) in [5.74, 6) is 0.806. The number of aryl methyl sites for hydroxylation is 1. The van der Waals surface area contributed by atoms with Crippen LogP contribution >= 0.6 is 11.6 Å². The van der Waals surface area contributed by atoms with E-state index in [-0.39, 0.29) is 0 Å². The molecule has 0 aliphatic heterocycles. The molecule has 5 heteroatoms. The molecule has 0 bridgehead atoms. The van der Waals surface area contributed by atoms with Crippen LogP contribution < -0.4 is 5.32 Å². The molecule has 0 aromatic carbocycles. The van der Waals surface area contributed by atoms with Gasteiger partial charge in [0.25, 0.3) is 0 Å². The molecule has 0 unspecified atom stereocenters. The van der Waals surface area contributed by atoms with E-state index in [4.69, 9.17) is 11.6 Å². The monoisotopic (exact) mass is 262 g/mol. The maximum atomic E-state index is 6.01. The predicted molar refractivity (Wildman–Crippen MR) is 71.0 cm³/mol. The Morgan fingerprint density at radius 3 is 2.94 bits per heavy atom.